The van der Waals surface area contributed by atoms with E-state index in [0.29, 0.717) is 12.5 Å². The highest BCUT2D eigenvalue weighted by Gasteiger charge is 2.29. The predicted octanol–water partition coefficient (Wildman–Crippen LogP) is 1.39. The summed E-state index contributed by atoms with van der Waals surface area (Å²) in [6.45, 7) is 7.13. The fraction of sp³-hybridized carbons (Fsp3) is 0.923. The van der Waals surface area contributed by atoms with E-state index < -0.39 is 0 Å². The zero-order valence-electron chi connectivity index (χ0n) is 11.2. The molecule has 100 valence electrons. The molecule has 1 aliphatic heterocycles. The first-order valence-electron chi connectivity index (χ1n) is 6.83. The molecule has 1 fully saturated rings. The topological polar surface area (TPSA) is 55.6 Å². The number of ether oxygens (including phenoxy) is 1. The van der Waals surface area contributed by atoms with Crippen molar-refractivity contribution in [2.45, 2.75) is 45.6 Å². The van der Waals surface area contributed by atoms with Crippen molar-refractivity contribution in [2.24, 2.45) is 11.7 Å². The van der Waals surface area contributed by atoms with Gasteiger partial charge in [-0.3, -0.25) is 9.69 Å². The quantitative estimate of drug-likeness (QED) is 0.715. The largest absolute Gasteiger partial charge is 0.465 e. The average Bonchev–Trinajstić information content (AvgIpc) is 2.31. The van der Waals surface area contributed by atoms with Crippen LogP contribution in [0.5, 0.6) is 0 Å². The van der Waals surface area contributed by atoms with Crippen LogP contribution >= 0.6 is 0 Å². The molecule has 0 aromatic carbocycles. The average molecular weight is 242 g/mol. The molecule has 4 nitrogen and oxygen atoms in total. The van der Waals surface area contributed by atoms with Gasteiger partial charge in [-0.1, -0.05) is 6.92 Å². The van der Waals surface area contributed by atoms with Crippen LogP contribution in [0.4, 0.5) is 0 Å². The summed E-state index contributed by atoms with van der Waals surface area (Å²) in [4.78, 5) is 14.1. The highest BCUT2D eigenvalue weighted by Crippen LogP contribution is 2.22. The van der Waals surface area contributed by atoms with Crippen molar-refractivity contribution in [1.82, 2.24) is 4.90 Å². The van der Waals surface area contributed by atoms with Crippen molar-refractivity contribution in [2.75, 3.05) is 26.2 Å². The van der Waals surface area contributed by atoms with Gasteiger partial charge in [-0.25, -0.2) is 0 Å². The lowest BCUT2D eigenvalue weighted by atomic mass is 9.93. The molecule has 1 heterocycles. The number of carbonyl (C=O) groups is 1. The Balaban J connectivity index is 2.52. The molecule has 2 atom stereocenters. The minimum atomic E-state index is -0.0663. The Bertz CT molecular complexity index is 231. The Morgan fingerprint density at radius 2 is 2.29 bits per heavy atom. The summed E-state index contributed by atoms with van der Waals surface area (Å²) in [6, 6.07) is -0.0597. The maximum atomic E-state index is 11.8. The molecule has 1 aliphatic rings. The molecule has 0 aromatic heterocycles. The van der Waals surface area contributed by atoms with Gasteiger partial charge in [0.05, 0.1) is 6.61 Å². The van der Waals surface area contributed by atoms with Gasteiger partial charge in [-0.15, -0.1) is 0 Å². The molecule has 0 radical (unpaired) electrons. The van der Waals surface area contributed by atoms with Crippen molar-refractivity contribution < 1.29 is 9.53 Å². The summed E-state index contributed by atoms with van der Waals surface area (Å²) < 4.78 is 5.14. The Hall–Kier alpha value is -0.610. The van der Waals surface area contributed by atoms with Crippen molar-refractivity contribution in [1.29, 1.82) is 0 Å². The Morgan fingerprint density at radius 3 is 2.88 bits per heavy atom. The summed E-state index contributed by atoms with van der Waals surface area (Å²) in [5.74, 6) is 0.584. The number of likely N-dealkylation sites (tertiary alicyclic amines) is 1. The van der Waals surface area contributed by atoms with E-state index in [1.165, 1.54) is 12.8 Å². The second-order valence-corrected chi connectivity index (χ2v) is 4.76. The molecule has 0 aromatic rings. The van der Waals surface area contributed by atoms with Crippen molar-refractivity contribution in [3.63, 3.8) is 0 Å². The number of esters is 1. The Morgan fingerprint density at radius 1 is 1.53 bits per heavy atom. The first kappa shape index (κ1) is 14.5. The van der Waals surface area contributed by atoms with Crippen molar-refractivity contribution in [3.8, 4) is 0 Å². The van der Waals surface area contributed by atoms with Gasteiger partial charge in [0.2, 0.25) is 0 Å². The second-order valence-electron chi connectivity index (χ2n) is 4.76. The van der Waals surface area contributed by atoms with E-state index in [2.05, 4.69) is 4.90 Å². The van der Waals surface area contributed by atoms with Gasteiger partial charge in [-0.2, -0.15) is 0 Å². The third-order valence-corrected chi connectivity index (χ3v) is 3.51. The molecule has 0 bridgehead atoms. The molecule has 0 amide bonds. The normalized spacial score (nSPS) is 23.4. The van der Waals surface area contributed by atoms with Crippen LogP contribution in [0.3, 0.4) is 0 Å². The van der Waals surface area contributed by atoms with Gasteiger partial charge in [0.25, 0.3) is 0 Å². The summed E-state index contributed by atoms with van der Waals surface area (Å²) in [5.41, 5.74) is 5.61. The smallest absolute Gasteiger partial charge is 0.323 e. The zero-order valence-corrected chi connectivity index (χ0v) is 11.2. The van der Waals surface area contributed by atoms with E-state index in [4.69, 9.17) is 10.5 Å². The van der Waals surface area contributed by atoms with E-state index in [0.717, 1.165) is 32.5 Å². The van der Waals surface area contributed by atoms with Crippen LogP contribution in [0, 0.1) is 5.92 Å². The van der Waals surface area contributed by atoms with Crippen LogP contribution in [-0.4, -0.2) is 43.2 Å². The summed E-state index contributed by atoms with van der Waals surface area (Å²) in [5, 5.41) is 0. The van der Waals surface area contributed by atoms with Crippen LogP contribution in [0.2, 0.25) is 0 Å². The van der Waals surface area contributed by atoms with Gasteiger partial charge >= 0.3 is 5.97 Å². The lowest BCUT2D eigenvalue weighted by Crippen LogP contribution is -2.47. The fourth-order valence-corrected chi connectivity index (χ4v) is 2.66. The minimum absolute atomic E-state index is 0.0597. The molecule has 2 unspecified atom stereocenters. The van der Waals surface area contributed by atoms with E-state index in [1.807, 2.05) is 13.8 Å². The lowest BCUT2D eigenvalue weighted by molar-refractivity contribution is -0.150. The van der Waals surface area contributed by atoms with Gasteiger partial charge in [0.1, 0.15) is 6.04 Å². The van der Waals surface area contributed by atoms with Crippen molar-refractivity contribution >= 4 is 5.97 Å². The number of nitrogens with zero attached hydrogens (tertiary/aromatic N) is 1. The van der Waals surface area contributed by atoms with Crippen LogP contribution in [0.25, 0.3) is 0 Å². The van der Waals surface area contributed by atoms with E-state index in [9.17, 15) is 4.79 Å². The SMILES string of the molecule is CCOC(=O)C(CC)N1CCCC(CCN)C1. The highest BCUT2D eigenvalue weighted by atomic mass is 16.5. The molecule has 1 saturated heterocycles. The van der Waals surface area contributed by atoms with Crippen LogP contribution in [0.15, 0.2) is 0 Å². The molecule has 0 saturated carbocycles. The lowest BCUT2D eigenvalue weighted by Gasteiger charge is -2.36. The summed E-state index contributed by atoms with van der Waals surface area (Å²) in [6.07, 6.45) is 4.30. The van der Waals surface area contributed by atoms with Crippen LogP contribution in [-0.2, 0) is 9.53 Å². The highest BCUT2D eigenvalue weighted by molar-refractivity contribution is 5.75. The molecule has 1 rings (SSSR count). The van der Waals surface area contributed by atoms with E-state index in [-0.39, 0.29) is 12.0 Å². The predicted molar refractivity (Wildman–Crippen MR) is 68.7 cm³/mol. The number of rotatable bonds is 6. The monoisotopic (exact) mass is 242 g/mol. The molecule has 4 heteroatoms. The molecule has 0 spiro atoms. The number of carbonyl (C=O) groups excluding carboxylic acids is 1. The Kier molecular flexibility index (Phi) is 6.52. The molecule has 17 heavy (non-hydrogen) atoms. The number of nitrogens with two attached hydrogens (primary N) is 1. The fourth-order valence-electron chi connectivity index (χ4n) is 2.66. The van der Waals surface area contributed by atoms with Gasteiger partial charge in [-0.05, 0) is 51.6 Å². The minimum Gasteiger partial charge on any atom is -0.465 e. The molecular weight excluding hydrogens is 216 g/mol. The number of hydrogen-bond donors (Lipinski definition) is 1. The second kappa shape index (κ2) is 7.67. The Labute approximate surface area is 104 Å². The molecular formula is C13H26N2O2. The maximum Gasteiger partial charge on any atom is 0.323 e. The van der Waals surface area contributed by atoms with Crippen molar-refractivity contribution in [3.05, 3.63) is 0 Å². The van der Waals surface area contributed by atoms with Gasteiger partial charge in [0, 0.05) is 6.54 Å². The maximum absolute atomic E-state index is 11.8. The number of hydrogen-bond acceptors (Lipinski definition) is 4. The first-order valence-corrected chi connectivity index (χ1v) is 6.83. The summed E-state index contributed by atoms with van der Waals surface area (Å²) in [7, 11) is 0. The molecule has 2 N–H and O–H groups in total. The first-order chi connectivity index (χ1) is 8.22. The van der Waals surface area contributed by atoms with Crippen LogP contribution < -0.4 is 5.73 Å². The summed E-state index contributed by atoms with van der Waals surface area (Å²) >= 11 is 0. The van der Waals surface area contributed by atoms with Gasteiger partial charge < -0.3 is 10.5 Å². The standard InChI is InChI=1S/C13H26N2O2/c1-3-12(13(16)17-4-2)15-9-5-6-11(10-15)7-8-14/h11-12H,3-10,14H2,1-2H3. The third-order valence-electron chi connectivity index (χ3n) is 3.51. The van der Waals surface area contributed by atoms with Gasteiger partial charge in [0.15, 0.2) is 0 Å². The van der Waals surface area contributed by atoms with E-state index in [1.54, 1.807) is 0 Å². The third kappa shape index (κ3) is 4.28. The molecule has 0 aliphatic carbocycles. The van der Waals surface area contributed by atoms with E-state index >= 15 is 0 Å². The number of piperidine rings is 1. The zero-order chi connectivity index (χ0) is 12.7. The van der Waals surface area contributed by atoms with Crippen LogP contribution in [0.1, 0.15) is 39.5 Å².